The molecule has 3 rings (SSSR count). The molecule has 0 unspecified atom stereocenters. The quantitative estimate of drug-likeness (QED) is 0.581. The normalized spacial score (nSPS) is 21.9. The molecule has 0 aliphatic heterocycles. The molecular weight excluding hydrogens is 251 g/mol. The highest BCUT2D eigenvalue weighted by Crippen LogP contribution is 2.55. The molecule has 17 heavy (non-hydrogen) atoms. The van der Waals surface area contributed by atoms with Crippen LogP contribution in [0.25, 0.3) is 5.57 Å². The highest BCUT2D eigenvalue weighted by molar-refractivity contribution is 6.35. The molecule has 0 bridgehead atoms. The number of halogens is 2. The lowest BCUT2D eigenvalue weighted by Gasteiger charge is -2.37. The molecule has 0 heterocycles. The van der Waals surface area contributed by atoms with Gasteiger partial charge in [0.15, 0.2) is 0 Å². The lowest BCUT2D eigenvalue weighted by molar-refractivity contribution is 0.371. The van der Waals surface area contributed by atoms with Crippen LogP contribution < -0.4 is 0 Å². The van der Waals surface area contributed by atoms with Crippen molar-refractivity contribution < 1.29 is 0 Å². The monoisotopic (exact) mass is 266 g/mol. The Morgan fingerprint density at radius 1 is 1.06 bits per heavy atom. The number of hydrogen-bond acceptors (Lipinski definition) is 0. The van der Waals surface area contributed by atoms with Crippen molar-refractivity contribution >= 4 is 28.8 Å². The van der Waals surface area contributed by atoms with E-state index in [1.54, 1.807) is 0 Å². The van der Waals surface area contributed by atoms with Crippen LogP contribution in [-0.2, 0) is 6.42 Å². The molecule has 0 N–H and O–H groups in total. The van der Waals surface area contributed by atoms with E-state index in [9.17, 15) is 0 Å². The van der Waals surface area contributed by atoms with Gasteiger partial charge in [-0.2, -0.15) is 0 Å². The first-order valence-corrected chi connectivity index (χ1v) is 7.06. The van der Waals surface area contributed by atoms with Gasteiger partial charge in [0.1, 0.15) is 0 Å². The van der Waals surface area contributed by atoms with Crippen molar-refractivity contribution in [3.63, 3.8) is 0 Å². The van der Waals surface area contributed by atoms with E-state index in [1.165, 1.54) is 48.8 Å². The predicted octanol–water partition coefficient (Wildman–Crippen LogP) is 5.51. The number of rotatable bonds is 0. The van der Waals surface area contributed by atoms with Crippen LogP contribution in [0.15, 0.2) is 18.7 Å². The molecule has 1 spiro atoms. The smallest absolute Gasteiger partial charge is 0.0458 e. The van der Waals surface area contributed by atoms with Crippen LogP contribution in [0, 0.1) is 5.41 Å². The molecule has 0 saturated heterocycles. The van der Waals surface area contributed by atoms with Crippen LogP contribution in [0.5, 0.6) is 0 Å². The molecule has 1 aromatic rings. The third-order valence-electron chi connectivity index (χ3n) is 4.54. The van der Waals surface area contributed by atoms with Crippen LogP contribution in [0.1, 0.15) is 43.2 Å². The van der Waals surface area contributed by atoms with Gasteiger partial charge in [-0.3, -0.25) is 0 Å². The molecule has 1 aromatic carbocycles. The Morgan fingerprint density at radius 3 is 2.47 bits per heavy atom. The minimum atomic E-state index is 0.348. The Bertz CT molecular complexity index is 482. The van der Waals surface area contributed by atoms with E-state index in [1.807, 2.05) is 12.1 Å². The maximum Gasteiger partial charge on any atom is 0.0458 e. The zero-order valence-electron chi connectivity index (χ0n) is 9.86. The lowest BCUT2D eigenvalue weighted by atomic mass is 9.67. The molecule has 0 amide bonds. The third-order valence-corrected chi connectivity index (χ3v) is 5.10. The standard InChI is InChI=1S/C15H16Cl2/c1-10-13-8-11(16)9-14(17)12(13)4-7-15(10)5-2-3-6-15/h8-9H,1-7H2. The Balaban J connectivity index is 2.11. The Morgan fingerprint density at radius 2 is 1.76 bits per heavy atom. The maximum absolute atomic E-state index is 6.28. The van der Waals surface area contributed by atoms with Crippen molar-refractivity contribution in [2.24, 2.45) is 5.41 Å². The summed E-state index contributed by atoms with van der Waals surface area (Å²) < 4.78 is 0. The van der Waals surface area contributed by atoms with Crippen molar-refractivity contribution in [2.45, 2.75) is 38.5 Å². The van der Waals surface area contributed by atoms with E-state index < -0.39 is 0 Å². The summed E-state index contributed by atoms with van der Waals surface area (Å²) in [5.41, 5.74) is 4.09. The Kier molecular flexibility index (Phi) is 2.76. The van der Waals surface area contributed by atoms with E-state index in [2.05, 4.69) is 6.58 Å². The molecule has 2 heteroatoms. The number of hydrogen-bond donors (Lipinski definition) is 0. The fourth-order valence-corrected chi connectivity index (χ4v) is 4.12. The topological polar surface area (TPSA) is 0 Å². The van der Waals surface area contributed by atoms with Gasteiger partial charge < -0.3 is 0 Å². The largest absolute Gasteiger partial charge is 0.0947 e. The molecular formula is C15H16Cl2. The van der Waals surface area contributed by atoms with Gasteiger partial charge in [0, 0.05) is 10.0 Å². The van der Waals surface area contributed by atoms with Crippen LogP contribution in [-0.4, -0.2) is 0 Å². The van der Waals surface area contributed by atoms with Crippen LogP contribution >= 0.6 is 23.2 Å². The van der Waals surface area contributed by atoms with Crippen molar-refractivity contribution in [1.82, 2.24) is 0 Å². The fourth-order valence-electron chi connectivity index (χ4n) is 3.53. The molecule has 1 fully saturated rings. The number of benzene rings is 1. The molecule has 0 atom stereocenters. The van der Waals surface area contributed by atoms with Gasteiger partial charge in [-0.1, -0.05) is 42.6 Å². The van der Waals surface area contributed by atoms with Gasteiger partial charge in [-0.25, -0.2) is 0 Å². The molecule has 0 radical (unpaired) electrons. The van der Waals surface area contributed by atoms with Gasteiger partial charge in [-0.05, 0) is 59.9 Å². The Hall–Kier alpha value is -0.460. The summed E-state index contributed by atoms with van der Waals surface area (Å²) in [5.74, 6) is 0. The molecule has 90 valence electrons. The van der Waals surface area contributed by atoms with Crippen molar-refractivity contribution in [2.75, 3.05) is 0 Å². The summed E-state index contributed by atoms with van der Waals surface area (Å²) in [6, 6.07) is 3.90. The molecule has 1 saturated carbocycles. The lowest BCUT2D eigenvalue weighted by Crippen LogP contribution is -2.24. The molecule has 2 aliphatic rings. The summed E-state index contributed by atoms with van der Waals surface area (Å²) in [5, 5.41) is 1.53. The van der Waals surface area contributed by atoms with E-state index >= 15 is 0 Å². The summed E-state index contributed by atoms with van der Waals surface area (Å²) >= 11 is 12.4. The highest BCUT2D eigenvalue weighted by atomic mass is 35.5. The second-order valence-corrected chi connectivity index (χ2v) is 6.22. The first-order chi connectivity index (χ1) is 8.12. The highest BCUT2D eigenvalue weighted by Gasteiger charge is 2.40. The van der Waals surface area contributed by atoms with E-state index in [0.29, 0.717) is 5.41 Å². The third kappa shape index (κ3) is 1.73. The van der Waals surface area contributed by atoms with Gasteiger partial charge >= 0.3 is 0 Å². The maximum atomic E-state index is 6.28. The summed E-state index contributed by atoms with van der Waals surface area (Å²) in [4.78, 5) is 0. The van der Waals surface area contributed by atoms with Gasteiger partial charge in [-0.15, -0.1) is 0 Å². The van der Waals surface area contributed by atoms with Crippen molar-refractivity contribution in [1.29, 1.82) is 0 Å². The first kappa shape index (κ1) is 11.6. The number of allylic oxidation sites excluding steroid dienone is 1. The second kappa shape index (κ2) is 4.03. The number of fused-ring (bicyclic) bond motifs is 1. The average Bonchev–Trinajstić information content (AvgIpc) is 2.74. The summed E-state index contributed by atoms with van der Waals surface area (Å²) in [6.45, 7) is 4.36. The molecule has 2 aliphatic carbocycles. The molecule has 0 nitrogen and oxygen atoms in total. The Labute approximate surface area is 113 Å². The minimum absolute atomic E-state index is 0.348. The van der Waals surface area contributed by atoms with Crippen molar-refractivity contribution in [3.8, 4) is 0 Å². The van der Waals surface area contributed by atoms with E-state index in [0.717, 1.165) is 16.5 Å². The second-order valence-electron chi connectivity index (χ2n) is 5.38. The van der Waals surface area contributed by atoms with Crippen LogP contribution in [0.4, 0.5) is 0 Å². The van der Waals surface area contributed by atoms with Gasteiger partial charge in [0.25, 0.3) is 0 Å². The van der Waals surface area contributed by atoms with Gasteiger partial charge in [0.05, 0.1) is 0 Å². The molecule has 0 aromatic heterocycles. The summed E-state index contributed by atoms with van der Waals surface area (Å²) in [6.07, 6.45) is 7.53. The minimum Gasteiger partial charge on any atom is -0.0947 e. The first-order valence-electron chi connectivity index (χ1n) is 6.30. The van der Waals surface area contributed by atoms with Crippen LogP contribution in [0.3, 0.4) is 0 Å². The predicted molar refractivity (Wildman–Crippen MR) is 74.7 cm³/mol. The zero-order chi connectivity index (χ0) is 12.0. The van der Waals surface area contributed by atoms with Crippen LogP contribution in [0.2, 0.25) is 10.0 Å². The van der Waals surface area contributed by atoms with Gasteiger partial charge in [0.2, 0.25) is 0 Å². The fraction of sp³-hybridized carbons (Fsp3) is 0.467. The van der Waals surface area contributed by atoms with E-state index in [-0.39, 0.29) is 0 Å². The van der Waals surface area contributed by atoms with Crippen molar-refractivity contribution in [3.05, 3.63) is 39.9 Å². The zero-order valence-corrected chi connectivity index (χ0v) is 11.4. The SMILES string of the molecule is C=C1c2cc(Cl)cc(Cl)c2CCC12CCCC2. The summed E-state index contributed by atoms with van der Waals surface area (Å²) in [7, 11) is 0. The average molecular weight is 267 g/mol. The van der Waals surface area contributed by atoms with E-state index in [4.69, 9.17) is 23.2 Å².